The summed E-state index contributed by atoms with van der Waals surface area (Å²) in [6.45, 7) is 3.91. The predicted octanol–water partition coefficient (Wildman–Crippen LogP) is 3.97. The summed E-state index contributed by atoms with van der Waals surface area (Å²) < 4.78 is 5.68. The van der Waals surface area contributed by atoms with Crippen LogP contribution in [0.5, 0.6) is 0 Å². The van der Waals surface area contributed by atoms with Gasteiger partial charge in [-0.1, -0.05) is 75.6 Å². The molecule has 3 aromatic rings. The van der Waals surface area contributed by atoms with E-state index in [4.69, 9.17) is 19.5 Å². The number of furan rings is 1. The highest BCUT2D eigenvalue weighted by Crippen LogP contribution is 2.24. The van der Waals surface area contributed by atoms with Crippen LogP contribution in [0.2, 0.25) is 0 Å². The second-order valence-electron chi connectivity index (χ2n) is 11.2. The number of amides is 4. The number of rotatable bonds is 21. The summed E-state index contributed by atoms with van der Waals surface area (Å²) in [6, 6.07) is 16.1. The van der Waals surface area contributed by atoms with Gasteiger partial charge in [-0.15, -0.1) is 0 Å². The molecule has 14 nitrogen and oxygen atoms in total. The van der Waals surface area contributed by atoms with Crippen LogP contribution in [0.25, 0.3) is 11.3 Å². The van der Waals surface area contributed by atoms with Gasteiger partial charge in [-0.25, -0.2) is 9.86 Å². The number of hydrogen-bond donors (Lipinski definition) is 5. The summed E-state index contributed by atoms with van der Waals surface area (Å²) in [4.78, 5) is 78.6. The summed E-state index contributed by atoms with van der Waals surface area (Å²) in [5, 5.41) is 26.7. The maximum Gasteiger partial charge on any atom is 0.326 e. The lowest BCUT2D eigenvalue weighted by atomic mass is 9.90. The number of carboxylic acids is 2. The molecule has 1 heterocycles. The number of nitrogens with zero attached hydrogens (tertiary/aromatic N) is 1. The lowest BCUT2D eigenvalue weighted by molar-refractivity contribution is -0.200. The van der Waals surface area contributed by atoms with Crippen molar-refractivity contribution in [3.05, 3.63) is 83.6 Å². The number of carbonyl (C=O) groups excluding carboxylic acids is 4. The highest BCUT2D eigenvalue weighted by molar-refractivity contribution is 5.97. The lowest BCUT2D eigenvalue weighted by Gasteiger charge is -2.32. The van der Waals surface area contributed by atoms with Crippen LogP contribution in [0.3, 0.4) is 0 Å². The van der Waals surface area contributed by atoms with Gasteiger partial charge in [0.05, 0.1) is 25.0 Å². The van der Waals surface area contributed by atoms with Gasteiger partial charge < -0.3 is 30.6 Å². The zero-order chi connectivity index (χ0) is 35.8. The standard InChI is InChI=1S/C35H42N4O10/c1-3-5-7-12-26(28(4-2)39(22-40)48-20-23-10-8-6-9-11-23)33(44)36-21-37-34(45)30-18-17-29(49-30)24-13-15-25(16-14-24)32(43)38-27(35(46)47)19-31(41)42/h6,8-11,13-18,22,26-28H,3-5,7,12,19-21H2,1-2H3,(H,36,44)(H,37,45)(H,38,43)(H,41,42)(H,46,47)/t26-,27?,28-/m1/s1. The third-order valence-corrected chi connectivity index (χ3v) is 7.75. The molecule has 3 rings (SSSR count). The number of carboxylic acid groups (broad SMARTS) is 2. The molecule has 0 aliphatic carbocycles. The van der Waals surface area contributed by atoms with Crippen molar-refractivity contribution in [2.24, 2.45) is 5.92 Å². The number of carbonyl (C=O) groups is 6. The van der Waals surface area contributed by atoms with E-state index in [0.29, 0.717) is 30.6 Å². The SMILES string of the molecule is CCCCC[C@@H](C(=O)NCNC(=O)c1ccc(-c2ccc(C(=O)NC(CC(=O)O)C(=O)O)cc2)o1)[C@@H](CC)N(C=O)OCc1ccccc1. The number of nitrogens with one attached hydrogen (secondary N) is 3. The normalized spacial score (nSPS) is 12.6. The molecule has 49 heavy (non-hydrogen) atoms. The minimum absolute atomic E-state index is 0.0311. The monoisotopic (exact) mass is 678 g/mol. The van der Waals surface area contributed by atoms with E-state index in [9.17, 15) is 28.8 Å². The van der Waals surface area contributed by atoms with Crippen LogP contribution in [-0.4, -0.2) is 70.1 Å². The third-order valence-electron chi connectivity index (χ3n) is 7.75. The van der Waals surface area contributed by atoms with Gasteiger partial charge in [0.2, 0.25) is 12.3 Å². The molecular weight excluding hydrogens is 636 g/mol. The maximum atomic E-state index is 13.4. The average Bonchev–Trinajstić information content (AvgIpc) is 3.59. The van der Waals surface area contributed by atoms with Crippen molar-refractivity contribution in [2.45, 2.75) is 71.1 Å². The molecule has 0 bridgehead atoms. The number of benzene rings is 2. The van der Waals surface area contributed by atoms with Crippen molar-refractivity contribution >= 4 is 36.1 Å². The Kier molecular flexibility index (Phi) is 15.0. The Morgan fingerprint density at radius 2 is 1.61 bits per heavy atom. The third kappa shape index (κ3) is 11.6. The van der Waals surface area contributed by atoms with E-state index in [1.807, 2.05) is 37.3 Å². The van der Waals surface area contributed by atoms with Gasteiger partial charge in [0.1, 0.15) is 18.4 Å². The number of hydroxylamine groups is 2. The highest BCUT2D eigenvalue weighted by Gasteiger charge is 2.32. The fourth-order valence-corrected chi connectivity index (χ4v) is 5.13. The van der Waals surface area contributed by atoms with Gasteiger partial charge in [0.15, 0.2) is 5.76 Å². The summed E-state index contributed by atoms with van der Waals surface area (Å²) in [7, 11) is 0. The number of aliphatic carboxylic acids is 2. The molecule has 0 spiro atoms. The molecule has 0 aliphatic heterocycles. The van der Waals surface area contributed by atoms with Crippen LogP contribution in [0.1, 0.15) is 78.8 Å². The minimum atomic E-state index is -1.59. The first kappa shape index (κ1) is 38.0. The molecule has 0 aliphatic rings. The molecule has 2 aromatic carbocycles. The van der Waals surface area contributed by atoms with E-state index in [0.717, 1.165) is 24.8 Å². The molecule has 0 saturated heterocycles. The van der Waals surface area contributed by atoms with Crippen LogP contribution in [0.15, 0.2) is 71.1 Å². The van der Waals surface area contributed by atoms with E-state index in [1.165, 1.54) is 35.4 Å². The van der Waals surface area contributed by atoms with Crippen LogP contribution < -0.4 is 16.0 Å². The van der Waals surface area contributed by atoms with Gasteiger partial charge in [-0.05, 0) is 42.7 Å². The van der Waals surface area contributed by atoms with E-state index in [1.54, 1.807) is 6.07 Å². The quantitative estimate of drug-likeness (QED) is 0.0474. The Morgan fingerprint density at radius 1 is 0.898 bits per heavy atom. The van der Waals surface area contributed by atoms with Crippen LogP contribution in [-0.2, 0) is 30.6 Å². The smallest absolute Gasteiger partial charge is 0.326 e. The molecule has 0 saturated carbocycles. The molecular formula is C35H42N4O10. The molecule has 0 radical (unpaired) electrons. The molecule has 1 unspecified atom stereocenters. The van der Waals surface area contributed by atoms with Gasteiger partial charge >= 0.3 is 11.9 Å². The van der Waals surface area contributed by atoms with E-state index >= 15 is 0 Å². The van der Waals surface area contributed by atoms with Gasteiger partial charge in [0, 0.05) is 11.1 Å². The van der Waals surface area contributed by atoms with Crippen molar-refractivity contribution in [1.29, 1.82) is 0 Å². The Labute approximate surface area is 283 Å². The lowest BCUT2D eigenvalue weighted by Crippen LogP contribution is -2.48. The van der Waals surface area contributed by atoms with Crippen molar-refractivity contribution < 1.29 is 48.2 Å². The van der Waals surface area contributed by atoms with Crippen LogP contribution in [0.4, 0.5) is 0 Å². The first-order chi connectivity index (χ1) is 23.6. The molecule has 1 aromatic heterocycles. The first-order valence-corrected chi connectivity index (χ1v) is 16.0. The second-order valence-corrected chi connectivity index (χ2v) is 11.2. The second kappa shape index (κ2) is 19.4. The molecule has 0 fully saturated rings. The topological polar surface area (TPSA) is 205 Å². The zero-order valence-electron chi connectivity index (χ0n) is 27.4. The summed E-state index contributed by atoms with van der Waals surface area (Å²) in [5.74, 6) is -4.83. The highest BCUT2D eigenvalue weighted by atomic mass is 16.7. The molecule has 14 heteroatoms. The Bertz CT molecular complexity index is 1560. The van der Waals surface area contributed by atoms with E-state index < -0.39 is 48.2 Å². The van der Waals surface area contributed by atoms with Crippen LogP contribution in [0, 0.1) is 5.92 Å². The number of hydrogen-bond acceptors (Lipinski definition) is 8. The summed E-state index contributed by atoms with van der Waals surface area (Å²) in [5.41, 5.74) is 1.49. The fraction of sp³-hybridized carbons (Fsp3) is 0.371. The van der Waals surface area contributed by atoms with Crippen molar-refractivity contribution in [3.63, 3.8) is 0 Å². The van der Waals surface area contributed by atoms with Gasteiger partial charge in [0.25, 0.3) is 11.8 Å². The van der Waals surface area contributed by atoms with E-state index in [-0.39, 0.29) is 30.5 Å². The minimum Gasteiger partial charge on any atom is -0.481 e. The Morgan fingerprint density at radius 3 is 2.22 bits per heavy atom. The molecule has 262 valence electrons. The molecule has 4 amide bonds. The maximum absolute atomic E-state index is 13.4. The fourth-order valence-electron chi connectivity index (χ4n) is 5.13. The number of unbranched alkanes of at least 4 members (excludes halogenated alkanes) is 2. The predicted molar refractivity (Wildman–Crippen MR) is 177 cm³/mol. The van der Waals surface area contributed by atoms with Crippen molar-refractivity contribution in [3.8, 4) is 11.3 Å². The van der Waals surface area contributed by atoms with E-state index in [2.05, 4.69) is 22.9 Å². The first-order valence-electron chi connectivity index (χ1n) is 16.0. The van der Waals surface area contributed by atoms with Gasteiger partial charge in [-0.3, -0.25) is 28.8 Å². The summed E-state index contributed by atoms with van der Waals surface area (Å²) in [6.07, 6.45) is 3.45. The Hall–Kier alpha value is -5.50. The molecule has 5 N–H and O–H groups in total. The zero-order valence-corrected chi connectivity index (χ0v) is 27.4. The van der Waals surface area contributed by atoms with Gasteiger partial charge in [-0.2, -0.15) is 0 Å². The molecule has 3 atom stereocenters. The van der Waals surface area contributed by atoms with Crippen molar-refractivity contribution in [2.75, 3.05) is 6.67 Å². The average molecular weight is 679 g/mol. The summed E-state index contributed by atoms with van der Waals surface area (Å²) >= 11 is 0. The van der Waals surface area contributed by atoms with Crippen LogP contribution >= 0.6 is 0 Å². The Balaban J connectivity index is 1.59. The largest absolute Gasteiger partial charge is 0.481 e. The van der Waals surface area contributed by atoms with Crippen molar-refractivity contribution in [1.82, 2.24) is 21.0 Å².